The predicted octanol–water partition coefficient (Wildman–Crippen LogP) is 3.56. The molecular weight excluding hydrogens is 310 g/mol. The van der Waals surface area contributed by atoms with E-state index >= 15 is 0 Å². The number of rotatable bonds is 3. The van der Waals surface area contributed by atoms with Crippen LogP contribution >= 0.6 is 11.3 Å². The van der Waals surface area contributed by atoms with Crippen LogP contribution in [0, 0.1) is 0 Å². The van der Waals surface area contributed by atoms with Crippen molar-refractivity contribution in [3.8, 4) is 11.5 Å². The highest BCUT2D eigenvalue weighted by Gasteiger charge is 2.28. The van der Waals surface area contributed by atoms with Crippen LogP contribution in [0.15, 0.2) is 29.6 Å². The Labute approximate surface area is 139 Å². The van der Waals surface area contributed by atoms with Gasteiger partial charge in [0.1, 0.15) is 0 Å². The molecule has 0 aliphatic carbocycles. The molecule has 0 saturated carbocycles. The van der Waals surface area contributed by atoms with E-state index in [2.05, 4.69) is 18.4 Å². The molecule has 0 radical (unpaired) electrons. The lowest BCUT2D eigenvalue weighted by Gasteiger charge is -2.33. The third-order valence-corrected chi connectivity index (χ3v) is 5.66. The molecule has 4 rings (SSSR count). The second-order valence-electron chi connectivity index (χ2n) is 6.00. The van der Waals surface area contributed by atoms with E-state index in [1.54, 1.807) is 11.3 Å². The zero-order valence-corrected chi connectivity index (χ0v) is 13.9. The Morgan fingerprint density at radius 2 is 2.17 bits per heavy atom. The highest BCUT2D eigenvalue weighted by atomic mass is 32.1. The molecule has 1 atom stereocenters. The fraction of sp³-hybridized carbons (Fsp3) is 0.389. The van der Waals surface area contributed by atoms with Crippen molar-refractivity contribution in [1.82, 2.24) is 4.90 Å². The maximum atomic E-state index is 12.6. The van der Waals surface area contributed by atoms with Gasteiger partial charge < -0.3 is 14.4 Å². The third kappa shape index (κ3) is 2.70. The molecule has 1 aromatic heterocycles. The van der Waals surface area contributed by atoms with Gasteiger partial charge in [0, 0.05) is 17.8 Å². The van der Waals surface area contributed by atoms with Gasteiger partial charge >= 0.3 is 0 Å². The van der Waals surface area contributed by atoms with Crippen LogP contribution in [0.5, 0.6) is 11.5 Å². The summed E-state index contributed by atoms with van der Waals surface area (Å²) in [6, 6.07) is 8.25. The van der Waals surface area contributed by atoms with Gasteiger partial charge in [-0.25, -0.2) is 0 Å². The largest absolute Gasteiger partial charge is 0.454 e. The Kier molecular flexibility index (Phi) is 3.73. The summed E-state index contributed by atoms with van der Waals surface area (Å²) in [6.07, 6.45) is 2.24. The molecule has 1 amide bonds. The average molecular weight is 329 g/mol. The first-order chi connectivity index (χ1) is 11.2. The van der Waals surface area contributed by atoms with Crippen molar-refractivity contribution < 1.29 is 14.3 Å². The van der Waals surface area contributed by atoms with Gasteiger partial charge in [0.15, 0.2) is 11.5 Å². The summed E-state index contributed by atoms with van der Waals surface area (Å²) >= 11 is 1.80. The monoisotopic (exact) mass is 329 g/mol. The molecule has 0 saturated heterocycles. The molecular formula is C18H19NO3S. The lowest BCUT2D eigenvalue weighted by Crippen LogP contribution is -2.38. The van der Waals surface area contributed by atoms with Crippen LogP contribution in [-0.4, -0.2) is 24.1 Å². The van der Waals surface area contributed by atoms with E-state index in [4.69, 9.17) is 9.47 Å². The number of fused-ring (bicyclic) bond motifs is 2. The van der Waals surface area contributed by atoms with E-state index < -0.39 is 0 Å². The van der Waals surface area contributed by atoms with Crippen LogP contribution in [0.4, 0.5) is 0 Å². The fourth-order valence-corrected chi connectivity index (χ4v) is 4.30. The smallest absolute Gasteiger partial charge is 0.231 e. The Morgan fingerprint density at radius 3 is 3.09 bits per heavy atom. The minimum Gasteiger partial charge on any atom is -0.454 e. The summed E-state index contributed by atoms with van der Waals surface area (Å²) < 4.78 is 10.7. The Hall–Kier alpha value is -2.01. The van der Waals surface area contributed by atoms with E-state index in [-0.39, 0.29) is 18.7 Å². The molecule has 5 heteroatoms. The number of thiophene rings is 1. The standard InChI is InChI=1S/C18H19NO3S/c1-12-14-7-9-23-17(14)6-8-19(12)18(20)5-3-13-2-4-15-16(10-13)22-11-21-15/h2,4,7,9-10,12H,3,5-6,8,11H2,1H3/t12-/m0/s1. The van der Waals surface area contributed by atoms with E-state index in [0.717, 1.165) is 36.4 Å². The minimum atomic E-state index is 0.189. The van der Waals surface area contributed by atoms with Gasteiger partial charge in [-0.1, -0.05) is 6.07 Å². The van der Waals surface area contributed by atoms with Crippen molar-refractivity contribution in [2.75, 3.05) is 13.3 Å². The first kappa shape index (κ1) is 14.6. The molecule has 2 aromatic rings. The summed E-state index contributed by atoms with van der Waals surface area (Å²) in [5.74, 6) is 1.80. The molecule has 2 aliphatic heterocycles. The molecule has 0 fully saturated rings. The summed E-state index contributed by atoms with van der Waals surface area (Å²) in [4.78, 5) is 16.1. The number of aryl methyl sites for hydroxylation is 1. The maximum Gasteiger partial charge on any atom is 0.231 e. The summed E-state index contributed by atoms with van der Waals surface area (Å²) in [5, 5.41) is 2.13. The second-order valence-corrected chi connectivity index (χ2v) is 7.00. The number of carbonyl (C=O) groups is 1. The van der Waals surface area contributed by atoms with Crippen LogP contribution in [-0.2, 0) is 17.6 Å². The van der Waals surface area contributed by atoms with Crippen molar-refractivity contribution in [3.05, 3.63) is 45.6 Å². The Balaban J connectivity index is 1.41. The number of nitrogens with zero attached hydrogens (tertiary/aromatic N) is 1. The van der Waals surface area contributed by atoms with Gasteiger partial charge in [-0.2, -0.15) is 0 Å². The molecule has 0 N–H and O–H groups in total. The van der Waals surface area contributed by atoms with Crippen LogP contribution in [0.3, 0.4) is 0 Å². The van der Waals surface area contributed by atoms with Crippen LogP contribution in [0.2, 0.25) is 0 Å². The third-order valence-electron chi connectivity index (χ3n) is 4.66. The quantitative estimate of drug-likeness (QED) is 0.864. The highest BCUT2D eigenvalue weighted by molar-refractivity contribution is 7.10. The van der Waals surface area contributed by atoms with E-state index in [1.165, 1.54) is 10.4 Å². The summed E-state index contributed by atoms with van der Waals surface area (Å²) in [7, 11) is 0. The second kappa shape index (κ2) is 5.89. The van der Waals surface area contributed by atoms with E-state index in [9.17, 15) is 4.79 Å². The molecule has 23 heavy (non-hydrogen) atoms. The maximum absolute atomic E-state index is 12.6. The molecule has 4 nitrogen and oxygen atoms in total. The minimum absolute atomic E-state index is 0.189. The highest BCUT2D eigenvalue weighted by Crippen LogP contribution is 2.34. The number of benzene rings is 1. The summed E-state index contributed by atoms with van der Waals surface area (Å²) in [6.45, 7) is 3.24. The van der Waals surface area contributed by atoms with Crippen LogP contribution in [0.1, 0.15) is 35.4 Å². The molecule has 0 bridgehead atoms. The molecule has 1 aromatic carbocycles. The van der Waals surface area contributed by atoms with E-state index in [0.29, 0.717) is 6.42 Å². The van der Waals surface area contributed by atoms with Gasteiger partial charge in [0.25, 0.3) is 0 Å². The topological polar surface area (TPSA) is 38.8 Å². The Morgan fingerprint density at radius 1 is 1.30 bits per heavy atom. The number of carbonyl (C=O) groups excluding carboxylic acids is 1. The molecule has 0 unspecified atom stereocenters. The van der Waals surface area contributed by atoms with Crippen molar-refractivity contribution in [3.63, 3.8) is 0 Å². The zero-order valence-electron chi connectivity index (χ0n) is 13.1. The first-order valence-corrected chi connectivity index (χ1v) is 8.84. The van der Waals surface area contributed by atoms with Gasteiger partial charge in [-0.3, -0.25) is 4.79 Å². The lowest BCUT2D eigenvalue weighted by molar-refractivity contribution is -0.133. The number of hydrogen-bond acceptors (Lipinski definition) is 4. The molecule has 2 aliphatic rings. The normalized spacial score (nSPS) is 18.8. The van der Waals surface area contributed by atoms with Crippen molar-refractivity contribution in [1.29, 1.82) is 0 Å². The fourth-order valence-electron chi connectivity index (χ4n) is 3.34. The van der Waals surface area contributed by atoms with Crippen molar-refractivity contribution in [2.45, 2.75) is 32.2 Å². The molecule has 120 valence electrons. The zero-order chi connectivity index (χ0) is 15.8. The van der Waals surface area contributed by atoms with Gasteiger partial charge in [-0.05, 0) is 54.5 Å². The van der Waals surface area contributed by atoms with Gasteiger partial charge in [0.05, 0.1) is 6.04 Å². The lowest BCUT2D eigenvalue weighted by atomic mass is 10.0. The van der Waals surface area contributed by atoms with Crippen LogP contribution < -0.4 is 9.47 Å². The first-order valence-electron chi connectivity index (χ1n) is 7.96. The van der Waals surface area contributed by atoms with Crippen molar-refractivity contribution >= 4 is 17.2 Å². The Bertz CT molecular complexity index is 740. The predicted molar refractivity (Wildman–Crippen MR) is 89.0 cm³/mol. The number of ether oxygens (including phenoxy) is 2. The molecule has 3 heterocycles. The average Bonchev–Trinajstić information content (AvgIpc) is 3.21. The molecule has 0 spiro atoms. The van der Waals surface area contributed by atoms with Crippen molar-refractivity contribution in [2.24, 2.45) is 0 Å². The van der Waals surface area contributed by atoms with Gasteiger partial charge in [0.2, 0.25) is 12.7 Å². The summed E-state index contributed by atoms with van der Waals surface area (Å²) in [5.41, 5.74) is 2.43. The number of hydrogen-bond donors (Lipinski definition) is 0. The van der Waals surface area contributed by atoms with E-state index in [1.807, 2.05) is 23.1 Å². The van der Waals surface area contributed by atoms with Gasteiger partial charge in [-0.15, -0.1) is 11.3 Å². The number of amides is 1. The van der Waals surface area contributed by atoms with Crippen LogP contribution in [0.25, 0.3) is 0 Å². The SMILES string of the molecule is C[C@H]1c2ccsc2CCN1C(=O)CCc1ccc2c(c1)OCO2.